The molecule has 4 heteroatoms. The second kappa shape index (κ2) is 7.65. The van der Waals surface area contributed by atoms with Crippen molar-refractivity contribution in [2.24, 2.45) is 5.92 Å². The van der Waals surface area contributed by atoms with Crippen LogP contribution in [-0.4, -0.2) is 48.7 Å². The number of carboxylic acids is 1. The Kier molecular flexibility index (Phi) is 7.34. The maximum Gasteiger partial charge on any atom is 0.320 e. The maximum atomic E-state index is 10.8. The first-order valence-corrected chi connectivity index (χ1v) is 5.63. The third-order valence-corrected chi connectivity index (χ3v) is 2.45. The molecule has 0 saturated carbocycles. The highest BCUT2D eigenvalue weighted by Crippen LogP contribution is 2.01. The van der Waals surface area contributed by atoms with Gasteiger partial charge in [0.2, 0.25) is 0 Å². The number of hydrogen-bond acceptors (Lipinski definition) is 3. The first-order chi connectivity index (χ1) is 7.01. The molecule has 0 saturated heterocycles. The normalized spacial score (nSPS) is 13.5. The van der Waals surface area contributed by atoms with Gasteiger partial charge >= 0.3 is 5.97 Å². The standard InChI is InChI=1S/C11H24N2O2/c1-5-13(8-9(2)3)7-6-10(12-4)11(14)15/h9-10,12H,5-8H2,1-4H3,(H,14,15). The lowest BCUT2D eigenvalue weighted by Crippen LogP contribution is -2.38. The molecule has 1 unspecified atom stereocenters. The van der Waals surface area contributed by atoms with Crippen molar-refractivity contribution in [3.63, 3.8) is 0 Å². The van der Waals surface area contributed by atoms with Crippen LogP contribution in [0.4, 0.5) is 0 Å². The van der Waals surface area contributed by atoms with Crippen molar-refractivity contribution in [2.75, 3.05) is 26.7 Å². The quantitative estimate of drug-likeness (QED) is 0.636. The number of nitrogens with zero attached hydrogens (tertiary/aromatic N) is 1. The smallest absolute Gasteiger partial charge is 0.320 e. The monoisotopic (exact) mass is 216 g/mol. The summed E-state index contributed by atoms with van der Waals surface area (Å²) in [5.41, 5.74) is 0. The van der Waals surface area contributed by atoms with Crippen LogP contribution in [0.3, 0.4) is 0 Å². The van der Waals surface area contributed by atoms with Crippen LogP contribution in [0, 0.1) is 5.92 Å². The molecule has 0 bridgehead atoms. The number of carbonyl (C=O) groups is 1. The van der Waals surface area contributed by atoms with E-state index >= 15 is 0 Å². The third-order valence-electron chi connectivity index (χ3n) is 2.45. The average Bonchev–Trinajstić information content (AvgIpc) is 2.15. The lowest BCUT2D eigenvalue weighted by molar-refractivity contribution is -0.139. The Morgan fingerprint density at radius 1 is 1.47 bits per heavy atom. The molecule has 0 aromatic heterocycles. The number of carboxylic acid groups (broad SMARTS) is 1. The number of rotatable bonds is 8. The first-order valence-electron chi connectivity index (χ1n) is 5.63. The second-order valence-electron chi connectivity index (χ2n) is 4.26. The van der Waals surface area contributed by atoms with Gasteiger partial charge in [0.1, 0.15) is 6.04 Å². The van der Waals surface area contributed by atoms with Gasteiger partial charge in [-0.25, -0.2) is 0 Å². The van der Waals surface area contributed by atoms with E-state index in [-0.39, 0.29) is 0 Å². The van der Waals surface area contributed by atoms with E-state index in [1.165, 1.54) is 0 Å². The summed E-state index contributed by atoms with van der Waals surface area (Å²) in [6.45, 7) is 9.32. The Hall–Kier alpha value is -0.610. The zero-order valence-corrected chi connectivity index (χ0v) is 10.3. The minimum atomic E-state index is -0.766. The summed E-state index contributed by atoms with van der Waals surface area (Å²) in [4.78, 5) is 13.1. The zero-order valence-electron chi connectivity index (χ0n) is 10.3. The second-order valence-corrected chi connectivity index (χ2v) is 4.26. The first kappa shape index (κ1) is 14.4. The van der Waals surface area contributed by atoms with E-state index in [4.69, 9.17) is 5.11 Å². The maximum absolute atomic E-state index is 10.8. The average molecular weight is 216 g/mol. The summed E-state index contributed by atoms with van der Waals surface area (Å²) >= 11 is 0. The minimum Gasteiger partial charge on any atom is -0.480 e. The van der Waals surface area contributed by atoms with Crippen molar-refractivity contribution in [1.82, 2.24) is 10.2 Å². The Morgan fingerprint density at radius 3 is 2.40 bits per heavy atom. The minimum absolute atomic E-state index is 0.425. The van der Waals surface area contributed by atoms with E-state index in [0.29, 0.717) is 12.3 Å². The number of likely N-dealkylation sites (N-methyl/N-ethyl adjacent to an activating group) is 1. The van der Waals surface area contributed by atoms with E-state index in [0.717, 1.165) is 19.6 Å². The van der Waals surface area contributed by atoms with Gasteiger partial charge in [-0.05, 0) is 25.9 Å². The molecule has 1 atom stereocenters. The summed E-state index contributed by atoms with van der Waals surface area (Å²) in [5, 5.41) is 11.7. The van der Waals surface area contributed by atoms with Crippen LogP contribution >= 0.6 is 0 Å². The van der Waals surface area contributed by atoms with Gasteiger partial charge in [0.05, 0.1) is 0 Å². The van der Waals surface area contributed by atoms with Crippen LogP contribution < -0.4 is 5.32 Å². The molecule has 0 aromatic rings. The predicted octanol–water partition coefficient (Wildman–Crippen LogP) is 1.03. The van der Waals surface area contributed by atoms with Crippen molar-refractivity contribution in [3.8, 4) is 0 Å². The molecule has 90 valence electrons. The topological polar surface area (TPSA) is 52.6 Å². The Morgan fingerprint density at radius 2 is 2.07 bits per heavy atom. The highest BCUT2D eigenvalue weighted by atomic mass is 16.4. The van der Waals surface area contributed by atoms with Crippen LogP contribution in [-0.2, 0) is 4.79 Å². The highest BCUT2D eigenvalue weighted by molar-refractivity contribution is 5.73. The molecule has 4 nitrogen and oxygen atoms in total. The summed E-state index contributed by atoms with van der Waals surface area (Å²) in [6.07, 6.45) is 0.659. The largest absolute Gasteiger partial charge is 0.480 e. The van der Waals surface area contributed by atoms with Gasteiger partial charge in [-0.15, -0.1) is 0 Å². The summed E-state index contributed by atoms with van der Waals surface area (Å²) < 4.78 is 0. The van der Waals surface area contributed by atoms with Gasteiger partial charge in [-0.3, -0.25) is 4.79 Å². The van der Waals surface area contributed by atoms with Crippen LogP contribution in [0.5, 0.6) is 0 Å². The highest BCUT2D eigenvalue weighted by Gasteiger charge is 2.16. The molecule has 0 radical (unpaired) electrons. The predicted molar refractivity (Wildman–Crippen MR) is 62.1 cm³/mol. The molecule has 0 amide bonds. The molecular formula is C11H24N2O2. The molecule has 15 heavy (non-hydrogen) atoms. The van der Waals surface area contributed by atoms with Gasteiger partial charge < -0.3 is 15.3 Å². The summed E-state index contributed by atoms with van der Waals surface area (Å²) in [6, 6.07) is -0.425. The third kappa shape index (κ3) is 6.47. The number of hydrogen-bond donors (Lipinski definition) is 2. The fourth-order valence-corrected chi connectivity index (χ4v) is 1.60. The fourth-order valence-electron chi connectivity index (χ4n) is 1.60. The molecule has 0 rings (SSSR count). The van der Waals surface area contributed by atoms with Gasteiger partial charge in [-0.1, -0.05) is 20.8 Å². The Labute approximate surface area is 92.7 Å². The molecule has 0 aliphatic carbocycles. The van der Waals surface area contributed by atoms with Gasteiger partial charge in [0, 0.05) is 13.1 Å². The van der Waals surface area contributed by atoms with Crippen molar-refractivity contribution >= 4 is 5.97 Å². The van der Waals surface area contributed by atoms with Gasteiger partial charge in [0.25, 0.3) is 0 Å². The lowest BCUT2D eigenvalue weighted by atomic mass is 10.1. The molecule has 0 aromatic carbocycles. The lowest BCUT2D eigenvalue weighted by Gasteiger charge is -2.23. The van der Waals surface area contributed by atoms with Crippen LogP contribution in [0.15, 0.2) is 0 Å². The molecule has 0 spiro atoms. The van der Waals surface area contributed by atoms with E-state index in [9.17, 15) is 4.79 Å². The van der Waals surface area contributed by atoms with Crippen molar-refractivity contribution in [3.05, 3.63) is 0 Å². The van der Waals surface area contributed by atoms with E-state index in [1.54, 1.807) is 7.05 Å². The Balaban J connectivity index is 3.92. The van der Waals surface area contributed by atoms with Crippen LogP contribution in [0.25, 0.3) is 0 Å². The molecular weight excluding hydrogens is 192 g/mol. The van der Waals surface area contributed by atoms with Crippen molar-refractivity contribution < 1.29 is 9.90 Å². The number of nitrogens with one attached hydrogen (secondary N) is 1. The number of aliphatic carboxylic acids is 1. The molecule has 0 fully saturated rings. The van der Waals surface area contributed by atoms with E-state index < -0.39 is 12.0 Å². The molecule has 0 heterocycles. The van der Waals surface area contributed by atoms with Crippen molar-refractivity contribution in [1.29, 1.82) is 0 Å². The van der Waals surface area contributed by atoms with Crippen molar-refractivity contribution in [2.45, 2.75) is 33.2 Å². The summed E-state index contributed by atoms with van der Waals surface area (Å²) in [7, 11) is 1.69. The Bertz CT molecular complexity index is 183. The summed E-state index contributed by atoms with van der Waals surface area (Å²) in [5.74, 6) is -0.138. The fraction of sp³-hybridized carbons (Fsp3) is 0.909. The molecule has 0 aliphatic rings. The van der Waals surface area contributed by atoms with Crippen LogP contribution in [0.2, 0.25) is 0 Å². The van der Waals surface area contributed by atoms with E-state index in [2.05, 4.69) is 31.0 Å². The van der Waals surface area contributed by atoms with Gasteiger partial charge in [-0.2, -0.15) is 0 Å². The molecule has 2 N–H and O–H groups in total. The van der Waals surface area contributed by atoms with Gasteiger partial charge in [0.15, 0.2) is 0 Å². The van der Waals surface area contributed by atoms with E-state index in [1.807, 2.05) is 0 Å². The van der Waals surface area contributed by atoms with Crippen LogP contribution in [0.1, 0.15) is 27.2 Å². The zero-order chi connectivity index (χ0) is 11.8. The molecule has 0 aliphatic heterocycles. The SMILES string of the molecule is CCN(CCC(NC)C(=O)O)CC(C)C.